The van der Waals surface area contributed by atoms with E-state index in [1.807, 2.05) is 6.07 Å². The van der Waals surface area contributed by atoms with Crippen LogP contribution in [0.25, 0.3) is 0 Å². The fraction of sp³-hybridized carbons (Fsp3) is 0.375. The normalized spacial score (nSPS) is 15.0. The summed E-state index contributed by atoms with van der Waals surface area (Å²) in [5.41, 5.74) is 2.04. The van der Waals surface area contributed by atoms with E-state index in [-0.39, 0.29) is 5.56 Å². The molecule has 0 unspecified atom stereocenters. The number of H-pyrrole nitrogens is 1. The van der Waals surface area contributed by atoms with E-state index >= 15 is 0 Å². The molecule has 0 amide bonds. The number of aryl methyl sites for hydroxylation is 1. The van der Waals surface area contributed by atoms with Crippen LogP contribution in [0.4, 0.5) is 0 Å². The zero-order valence-electron chi connectivity index (χ0n) is 5.98. The summed E-state index contributed by atoms with van der Waals surface area (Å²) in [6.07, 6.45) is 2.99. The maximum atomic E-state index is 11.2. The quantitative estimate of drug-likeness (QED) is 0.587. The highest BCUT2D eigenvalue weighted by molar-refractivity contribution is 6.29. The summed E-state index contributed by atoms with van der Waals surface area (Å²) in [5, 5.41) is 0.454. The third-order valence-electron chi connectivity index (χ3n) is 2.07. The molecule has 1 aromatic heterocycles. The third-order valence-corrected chi connectivity index (χ3v) is 2.27. The lowest BCUT2D eigenvalue weighted by atomic mass is 10.2. The fourth-order valence-corrected chi connectivity index (χ4v) is 1.78. The first-order valence-corrected chi connectivity index (χ1v) is 4.06. The van der Waals surface area contributed by atoms with Gasteiger partial charge in [-0.2, -0.15) is 0 Å². The third kappa shape index (κ3) is 1.07. The van der Waals surface area contributed by atoms with Crippen molar-refractivity contribution >= 4 is 11.6 Å². The highest BCUT2D eigenvalue weighted by Crippen LogP contribution is 2.19. The molecular weight excluding hydrogens is 162 g/mol. The predicted octanol–water partition coefficient (Wildman–Crippen LogP) is 1.52. The van der Waals surface area contributed by atoms with Gasteiger partial charge in [-0.3, -0.25) is 4.79 Å². The van der Waals surface area contributed by atoms with Gasteiger partial charge >= 0.3 is 0 Å². The summed E-state index contributed by atoms with van der Waals surface area (Å²) < 4.78 is 0. The molecule has 1 aromatic rings. The Kier molecular flexibility index (Phi) is 1.50. The number of hydrogen-bond donors (Lipinski definition) is 1. The smallest absolute Gasteiger partial charge is 0.252 e. The van der Waals surface area contributed by atoms with Crippen molar-refractivity contribution in [3.05, 3.63) is 32.7 Å². The van der Waals surface area contributed by atoms with E-state index < -0.39 is 0 Å². The standard InChI is InChI=1S/C8H8ClNO/c9-7-4-5-2-1-3-6(5)8(11)10-7/h4H,1-3H2,(H,10,11). The van der Waals surface area contributed by atoms with E-state index in [9.17, 15) is 4.79 Å². The number of aromatic nitrogens is 1. The summed E-state index contributed by atoms with van der Waals surface area (Å²) in [6, 6.07) is 1.85. The van der Waals surface area contributed by atoms with Gasteiger partial charge in [0, 0.05) is 5.56 Å². The van der Waals surface area contributed by atoms with Crippen LogP contribution < -0.4 is 5.56 Å². The van der Waals surface area contributed by atoms with E-state index in [1.165, 1.54) is 0 Å². The van der Waals surface area contributed by atoms with Crippen LogP contribution in [-0.4, -0.2) is 4.98 Å². The average molecular weight is 170 g/mol. The van der Waals surface area contributed by atoms with E-state index in [4.69, 9.17) is 11.6 Å². The largest absolute Gasteiger partial charge is 0.313 e. The van der Waals surface area contributed by atoms with Crippen LogP contribution >= 0.6 is 11.6 Å². The zero-order chi connectivity index (χ0) is 7.84. The number of fused-ring (bicyclic) bond motifs is 1. The highest BCUT2D eigenvalue weighted by Gasteiger charge is 2.14. The molecule has 0 atom stereocenters. The molecule has 0 saturated carbocycles. The second-order valence-corrected chi connectivity index (χ2v) is 3.21. The van der Waals surface area contributed by atoms with E-state index in [1.54, 1.807) is 0 Å². The number of aromatic amines is 1. The maximum Gasteiger partial charge on any atom is 0.252 e. The van der Waals surface area contributed by atoms with Crippen molar-refractivity contribution in [3.63, 3.8) is 0 Å². The van der Waals surface area contributed by atoms with Crippen molar-refractivity contribution in [2.24, 2.45) is 0 Å². The zero-order valence-corrected chi connectivity index (χ0v) is 6.74. The van der Waals surface area contributed by atoms with Crippen molar-refractivity contribution < 1.29 is 0 Å². The van der Waals surface area contributed by atoms with Crippen LogP contribution in [0.5, 0.6) is 0 Å². The van der Waals surface area contributed by atoms with Gasteiger partial charge in [-0.05, 0) is 30.9 Å². The maximum absolute atomic E-state index is 11.2. The van der Waals surface area contributed by atoms with Crippen molar-refractivity contribution in [2.45, 2.75) is 19.3 Å². The molecule has 1 N–H and O–H groups in total. The summed E-state index contributed by atoms with van der Waals surface area (Å²) in [6.45, 7) is 0. The number of halogens is 1. The Bertz CT molecular complexity index is 342. The molecule has 58 valence electrons. The molecule has 0 aromatic carbocycles. The predicted molar refractivity (Wildman–Crippen MR) is 44.1 cm³/mol. The molecule has 1 heterocycles. The van der Waals surface area contributed by atoms with Gasteiger partial charge in [0.15, 0.2) is 0 Å². The van der Waals surface area contributed by atoms with E-state index in [0.717, 1.165) is 30.4 Å². The minimum absolute atomic E-state index is 0.00926. The Morgan fingerprint density at radius 3 is 3.09 bits per heavy atom. The molecule has 11 heavy (non-hydrogen) atoms. The molecule has 2 nitrogen and oxygen atoms in total. The van der Waals surface area contributed by atoms with Crippen LogP contribution in [0.2, 0.25) is 5.15 Å². The van der Waals surface area contributed by atoms with Crippen LogP contribution in [0.3, 0.4) is 0 Å². The first-order chi connectivity index (χ1) is 5.27. The van der Waals surface area contributed by atoms with E-state index in [2.05, 4.69) is 4.98 Å². The Morgan fingerprint density at radius 2 is 2.27 bits per heavy atom. The molecule has 1 aliphatic carbocycles. The first kappa shape index (κ1) is 6.92. The molecular formula is C8H8ClNO. The molecule has 0 radical (unpaired) electrons. The van der Waals surface area contributed by atoms with Gasteiger partial charge < -0.3 is 4.98 Å². The monoisotopic (exact) mass is 169 g/mol. The summed E-state index contributed by atoms with van der Waals surface area (Å²) in [5.74, 6) is 0. The first-order valence-electron chi connectivity index (χ1n) is 3.68. The van der Waals surface area contributed by atoms with Gasteiger partial charge in [-0.1, -0.05) is 11.6 Å². The lowest BCUT2D eigenvalue weighted by molar-refractivity contribution is 0.907. The summed E-state index contributed by atoms with van der Waals surface area (Å²) in [4.78, 5) is 13.8. The molecule has 0 spiro atoms. The van der Waals surface area contributed by atoms with Crippen molar-refractivity contribution in [1.82, 2.24) is 4.98 Å². The second-order valence-electron chi connectivity index (χ2n) is 2.80. The van der Waals surface area contributed by atoms with Crippen LogP contribution in [0.15, 0.2) is 10.9 Å². The van der Waals surface area contributed by atoms with Gasteiger partial charge in [0.1, 0.15) is 5.15 Å². The second kappa shape index (κ2) is 2.38. The topological polar surface area (TPSA) is 32.9 Å². The minimum atomic E-state index is -0.00926. The lowest BCUT2D eigenvalue weighted by Gasteiger charge is -1.96. The van der Waals surface area contributed by atoms with Crippen LogP contribution in [0, 0.1) is 0 Å². The van der Waals surface area contributed by atoms with Crippen molar-refractivity contribution in [2.75, 3.05) is 0 Å². The molecule has 0 fully saturated rings. The molecule has 3 heteroatoms. The molecule has 0 saturated heterocycles. The molecule has 2 rings (SSSR count). The highest BCUT2D eigenvalue weighted by atomic mass is 35.5. The summed E-state index contributed by atoms with van der Waals surface area (Å²) >= 11 is 5.67. The SMILES string of the molecule is O=c1[nH]c(Cl)cc2c1CCC2. The number of rotatable bonds is 0. The average Bonchev–Trinajstić information content (AvgIpc) is 2.34. The summed E-state index contributed by atoms with van der Waals surface area (Å²) in [7, 11) is 0. The Hall–Kier alpha value is -0.760. The molecule has 0 aliphatic heterocycles. The van der Waals surface area contributed by atoms with Crippen LogP contribution in [0.1, 0.15) is 17.5 Å². The van der Waals surface area contributed by atoms with Gasteiger partial charge in [0.2, 0.25) is 0 Å². The molecule has 0 bridgehead atoms. The van der Waals surface area contributed by atoms with Crippen LogP contribution in [-0.2, 0) is 12.8 Å². The van der Waals surface area contributed by atoms with Gasteiger partial charge in [-0.25, -0.2) is 0 Å². The lowest BCUT2D eigenvalue weighted by Crippen LogP contribution is -2.11. The van der Waals surface area contributed by atoms with Crippen molar-refractivity contribution in [1.29, 1.82) is 0 Å². The fourth-order valence-electron chi connectivity index (χ4n) is 1.56. The number of nitrogens with one attached hydrogen (secondary N) is 1. The Balaban J connectivity index is 2.70. The minimum Gasteiger partial charge on any atom is -0.313 e. The van der Waals surface area contributed by atoms with E-state index in [0.29, 0.717) is 5.15 Å². The van der Waals surface area contributed by atoms with Gasteiger partial charge in [0.25, 0.3) is 5.56 Å². The Morgan fingerprint density at radius 1 is 1.45 bits per heavy atom. The number of hydrogen-bond acceptors (Lipinski definition) is 1. The Labute approximate surface area is 69.2 Å². The van der Waals surface area contributed by atoms with Gasteiger partial charge in [-0.15, -0.1) is 0 Å². The van der Waals surface area contributed by atoms with Gasteiger partial charge in [0.05, 0.1) is 0 Å². The number of pyridine rings is 1. The van der Waals surface area contributed by atoms with Crippen molar-refractivity contribution in [3.8, 4) is 0 Å². The molecule has 1 aliphatic rings.